The zero-order valence-corrected chi connectivity index (χ0v) is 9.47. The van der Waals surface area contributed by atoms with E-state index in [0.717, 1.165) is 30.9 Å². The molecule has 0 amide bonds. The van der Waals surface area contributed by atoms with Gasteiger partial charge in [-0.05, 0) is 30.9 Å². The second kappa shape index (κ2) is 4.49. The summed E-state index contributed by atoms with van der Waals surface area (Å²) in [5.74, 6) is 1.74. The van der Waals surface area contributed by atoms with Crippen molar-refractivity contribution in [3.05, 3.63) is 21.2 Å². The van der Waals surface area contributed by atoms with Crippen molar-refractivity contribution >= 4 is 24.4 Å². The minimum absolute atomic E-state index is 0.490. The Morgan fingerprint density at radius 3 is 1.60 bits per heavy atom. The predicted octanol–water partition coefficient (Wildman–Crippen LogP) is 1.42. The molecule has 0 saturated heterocycles. The Morgan fingerprint density at radius 1 is 0.800 bits per heavy atom. The van der Waals surface area contributed by atoms with Crippen LogP contribution in [0.2, 0.25) is 0 Å². The smallest absolute Gasteiger partial charge is 0.213 e. The van der Waals surface area contributed by atoms with Crippen molar-refractivity contribution in [2.75, 3.05) is 0 Å². The molecule has 0 atom stereocenters. The normalized spacial score (nSPS) is 10.7. The van der Waals surface area contributed by atoms with Gasteiger partial charge in [-0.25, -0.2) is 9.97 Å². The van der Waals surface area contributed by atoms with Crippen molar-refractivity contribution < 1.29 is 0 Å². The van der Waals surface area contributed by atoms with Crippen LogP contribution in [-0.2, 0) is 12.8 Å². The molecule has 4 N–H and O–H groups in total. The van der Waals surface area contributed by atoms with E-state index in [4.69, 9.17) is 24.4 Å². The Labute approximate surface area is 95.5 Å². The third kappa shape index (κ3) is 2.83. The fourth-order valence-electron chi connectivity index (χ4n) is 1.27. The van der Waals surface area contributed by atoms with Crippen molar-refractivity contribution in [2.24, 2.45) is 0 Å². The van der Waals surface area contributed by atoms with E-state index in [-0.39, 0.29) is 0 Å². The molecule has 15 heavy (non-hydrogen) atoms. The van der Waals surface area contributed by atoms with Gasteiger partial charge in [-0.15, -0.1) is 0 Å². The zero-order valence-electron chi connectivity index (χ0n) is 7.83. The van der Waals surface area contributed by atoms with Gasteiger partial charge in [-0.1, -0.05) is 0 Å². The van der Waals surface area contributed by atoms with Crippen LogP contribution in [0.3, 0.4) is 0 Å². The lowest BCUT2D eigenvalue weighted by Gasteiger charge is -1.93. The predicted molar refractivity (Wildman–Crippen MR) is 59.6 cm³/mol. The van der Waals surface area contributed by atoms with Gasteiger partial charge in [0, 0.05) is 12.8 Å². The van der Waals surface area contributed by atoms with Crippen LogP contribution < -0.4 is 0 Å². The molecule has 2 aromatic rings. The molecule has 6 nitrogen and oxygen atoms in total. The lowest BCUT2D eigenvalue weighted by Crippen LogP contribution is -1.94. The zero-order chi connectivity index (χ0) is 10.7. The van der Waals surface area contributed by atoms with Crippen LogP contribution in [0.25, 0.3) is 0 Å². The van der Waals surface area contributed by atoms with Gasteiger partial charge in [-0.3, -0.25) is 20.4 Å². The Balaban J connectivity index is 1.85. The average Bonchev–Trinajstić information content (AvgIpc) is 2.76. The van der Waals surface area contributed by atoms with Gasteiger partial charge in [0.15, 0.2) is 0 Å². The van der Waals surface area contributed by atoms with E-state index in [0.29, 0.717) is 9.54 Å². The number of aryl methyl sites for hydroxylation is 2. The topological polar surface area (TPSA) is 88.9 Å². The van der Waals surface area contributed by atoms with Gasteiger partial charge in [0.25, 0.3) is 0 Å². The van der Waals surface area contributed by atoms with Crippen LogP contribution in [0.4, 0.5) is 0 Å². The molecule has 80 valence electrons. The number of rotatable bonds is 4. The summed E-state index contributed by atoms with van der Waals surface area (Å²) in [6, 6.07) is 0. The van der Waals surface area contributed by atoms with Crippen molar-refractivity contribution in [2.45, 2.75) is 19.3 Å². The second-order valence-corrected chi connectivity index (χ2v) is 3.85. The average molecular weight is 242 g/mol. The number of H-pyrrole nitrogens is 4. The molecule has 0 aliphatic heterocycles. The van der Waals surface area contributed by atoms with Gasteiger partial charge in [-0.2, -0.15) is 0 Å². The number of nitrogens with one attached hydrogen (secondary N) is 4. The SMILES string of the molecule is S=c1nc(CCCc2nc(=S)[nH][nH]2)[nH][nH]1. The first-order chi connectivity index (χ1) is 7.24. The summed E-state index contributed by atoms with van der Waals surface area (Å²) in [5, 5.41) is 11.3. The number of nitrogens with zero attached hydrogens (tertiary/aromatic N) is 2. The third-order valence-corrected chi connectivity index (χ3v) is 2.31. The first-order valence-electron chi connectivity index (χ1n) is 4.51. The quantitative estimate of drug-likeness (QED) is 0.610. The molecule has 8 heteroatoms. The Hall–Kier alpha value is -1.28. The molecule has 2 rings (SSSR count). The van der Waals surface area contributed by atoms with Crippen LogP contribution >= 0.6 is 24.4 Å². The summed E-state index contributed by atoms with van der Waals surface area (Å²) in [6.07, 6.45) is 2.60. The lowest BCUT2D eigenvalue weighted by molar-refractivity contribution is 0.743. The lowest BCUT2D eigenvalue weighted by atomic mass is 10.2. The highest BCUT2D eigenvalue weighted by Crippen LogP contribution is 1.99. The van der Waals surface area contributed by atoms with E-state index < -0.39 is 0 Å². The summed E-state index contributed by atoms with van der Waals surface area (Å²) in [5.41, 5.74) is 0. The summed E-state index contributed by atoms with van der Waals surface area (Å²) in [4.78, 5) is 8.18. The first kappa shape index (κ1) is 10.2. The molecule has 0 spiro atoms. The van der Waals surface area contributed by atoms with Gasteiger partial charge in [0.2, 0.25) is 9.54 Å². The molecule has 0 aliphatic carbocycles. The molecule has 0 fully saturated rings. The van der Waals surface area contributed by atoms with Crippen LogP contribution in [0.5, 0.6) is 0 Å². The minimum Gasteiger partial charge on any atom is -0.286 e. The van der Waals surface area contributed by atoms with Gasteiger partial charge in [0.1, 0.15) is 11.6 Å². The number of aromatic amines is 4. The highest BCUT2D eigenvalue weighted by atomic mass is 32.1. The number of hydrogen-bond donors (Lipinski definition) is 4. The fraction of sp³-hybridized carbons (Fsp3) is 0.429. The molecule has 2 aromatic heterocycles. The molecular weight excluding hydrogens is 232 g/mol. The first-order valence-corrected chi connectivity index (χ1v) is 5.33. The Bertz CT molecular complexity index is 483. The summed E-state index contributed by atoms with van der Waals surface area (Å²) in [7, 11) is 0. The molecule has 0 aliphatic rings. The molecule has 0 unspecified atom stereocenters. The molecule has 0 saturated carbocycles. The van der Waals surface area contributed by atoms with Crippen LogP contribution in [0, 0.1) is 9.54 Å². The van der Waals surface area contributed by atoms with Crippen molar-refractivity contribution in [3.63, 3.8) is 0 Å². The Kier molecular flexibility index (Phi) is 3.07. The molecule has 2 heterocycles. The summed E-state index contributed by atoms with van der Waals surface area (Å²) < 4.78 is 0.980. The Morgan fingerprint density at radius 2 is 1.27 bits per heavy atom. The molecular formula is C7H10N6S2. The van der Waals surface area contributed by atoms with E-state index in [9.17, 15) is 0 Å². The summed E-state index contributed by atoms with van der Waals surface area (Å²) >= 11 is 9.69. The maximum atomic E-state index is 4.84. The third-order valence-electron chi connectivity index (χ3n) is 1.93. The summed E-state index contributed by atoms with van der Waals surface area (Å²) in [6.45, 7) is 0. The van der Waals surface area contributed by atoms with E-state index in [1.54, 1.807) is 0 Å². The van der Waals surface area contributed by atoms with Crippen molar-refractivity contribution in [1.29, 1.82) is 0 Å². The highest BCUT2D eigenvalue weighted by Gasteiger charge is 1.99. The van der Waals surface area contributed by atoms with Crippen molar-refractivity contribution in [3.8, 4) is 0 Å². The minimum atomic E-state index is 0.490. The number of aromatic nitrogens is 6. The van der Waals surface area contributed by atoms with Crippen LogP contribution in [0.1, 0.15) is 18.1 Å². The molecule has 0 aromatic carbocycles. The van der Waals surface area contributed by atoms with Crippen LogP contribution in [-0.4, -0.2) is 30.4 Å². The van der Waals surface area contributed by atoms with Gasteiger partial charge >= 0.3 is 0 Å². The maximum absolute atomic E-state index is 4.84. The largest absolute Gasteiger partial charge is 0.286 e. The standard InChI is InChI=1S/C7H10N6S2/c14-6-8-4(10-12-6)2-1-3-5-9-7(15)13-11-5/h1-3H2,(H2,8,10,12,14)(H2,9,11,13,15). The van der Waals surface area contributed by atoms with Gasteiger partial charge in [0.05, 0.1) is 0 Å². The van der Waals surface area contributed by atoms with E-state index >= 15 is 0 Å². The fourth-order valence-corrected chi connectivity index (χ4v) is 1.59. The monoisotopic (exact) mass is 242 g/mol. The maximum Gasteiger partial charge on any atom is 0.213 e. The van der Waals surface area contributed by atoms with Gasteiger partial charge < -0.3 is 0 Å². The second-order valence-electron chi connectivity index (χ2n) is 3.08. The van der Waals surface area contributed by atoms with E-state index in [1.807, 2.05) is 0 Å². The van der Waals surface area contributed by atoms with E-state index in [2.05, 4.69) is 30.4 Å². The number of hydrogen-bond acceptors (Lipinski definition) is 4. The van der Waals surface area contributed by atoms with Crippen molar-refractivity contribution in [1.82, 2.24) is 30.4 Å². The highest BCUT2D eigenvalue weighted by molar-refractivity contribution is 7.71. The molecule has 0 bridgehead atoms. The van der Waals surface area contributed by atoms with Crippen LogP contribution in [0.15, 0.2) is 0 Å². The van der Waals surface area contributed by atoms with E-state index in [1.165, 1.54) is 0 Å². The molecule has 0 radical (unpaired) electrons.